The van der Waals surface area contributed by atoms with E-state index in [4.69, 9.17) is 14.4 Å². The monoisotopic (exact) mass is 381 g/mol. The van der Waals surface area contributed by atoms with Crippen molar-refractivity contribution in [2.24, 2.45) is 0 Å². The predicted molar refractivity (Wildman–Crippen MR) is 103 cm³/mol. The molecule has 0 bridgehead atoms. The van der Waals surface area contributed by atoms with Gasteiger partial charge in [0.1, 0.15) is 23.4 Å². The zero-order valence-corrected chi connectivity index (χ0v) is 15.7. The zero-order chi connectivity index (χ0) is 19.8. The number of aromatic nitrogens is 3. The zero-order valence-electron chi connectivity index (χ0n) is 15.7. The molecule has 0 unspecified atom stereocenters. The molecule has 1 aromatic carbocycles. The van der Waals surface area contributed by atoms with Gasteiger partial charge in [-0.2, -0.15) is 0 Å². The van der Waals surface area contributed by atoms with E-state index in [1.165, 1.54) is 0 Å². The van der Waals surface area contributed by atoms with Crippen molar-refractivity contribution in [1.82, 2.24) is 14.7 Å². The van der Waals surface area contributed by atoms with E-state index in [9.17, 15) is 5.11 Å². The number of benzene rings is 1. The van der Waals surface area contributed by atoms with Crippen molar-refractivity contribution < 1.29 is 19.5 Å². The van der Waals surface area contributed by atoms with Gasteiger partial charge in [0.25, 0.3) is 0 Å². The second-order valence-electron chi connectivity index (χ2n) is 6.33. The number of hydrogen-bond acceptors (Lipinski definition) is 6. The third kappa shape index (κ3) is 5.46. The summed E-state index contributed by atoms with van der Waals surface area (Å²) in [6, 6.07) is 9.27. The van der Waals surface area contributed by atoms with Crippen LogP contribution < -0.4 is 4.74 Å². The lowest BCUT2D eigenvalue weighted by Crippen LogP contribution is -2.07. The van der Waals surface area contributed by atoms with E-state index in [1.807, 2.05) is 28.8 Å². The first-order chi connectivity index (χ1) is 13.7. The van der Waals surface area contributed by atoms with Crippen LogP contribution in [-0.4, -0.2) is 38.1 Å². The number of imidazole rings is 1. The normalized spacial score (nSPS) is 11.7. The van der Waals surface area contributed by atoms with Gasteiger partial charge in [-0.3, -0.25) is 0 Å². The first kappa shape index (κ1) is 19.7. The van der Waals surface area contributed by atoms with Crippen LogP contribution in [-0.2, 0) is 6.54 Å². The van der Waals surface area contributed by atoms with Crippen molar-refractivity contribution in [2.75, 3.05) is 13.2 Å². The number of hydrogen-bond donors (Lipinski definition) is 2. The van der Waals surface area contributed by atoms with E-state index >= 15 is 0 Å². The van der Waals surface area contributed by atoms with Crippen LogP contribution in [0.2, 0.25) is 0 Å². The average Bonchev–Trinajstić information content (AvgIpc) is 3.34. The van der Waals surface area contributed by atoms with Crippen molar-refractivity contribution in [3.8, 4) is 17.6 Å². The van der Waals surface area contributed by atoms with E-state index in [1.54, 1.807) is 25.4 Å². The van der Waals surface area contributed by atoms with Crippen molar-refractivity contribution in [1.29, 1.82) is 0 Å². The fraction of sp³-hybridized carbons (Fsp3) is 0.333. The number of rotatable bonds is 8. The molecule has 0 aliphatic carbocycles. The molecule has 0 fully saturated rings. The van der Waals surface area contributed by atoms with Crippen LogP contribution in [0.3, 0.4) is 0 Å². The van der Waals surface area contributed by atoms with Crippen LogP contribution in [0.5, 0.6) is 5.75 Å². The Labute approximate surface area is 163 Å². The van der Waals surface area contributed by atoms with Gasteiger partial charge in [0.15, 0.2) is 0 Å². The van der Waals surface area contributed by atoms with Crippen molar-refractivity contribution in [2.45, 2.75) is 32.4 Å². The minimum atomic E-state index is -0.650. The van der Waals surface area contributed by atoms with Gasteiger partial charge in [-0.25, -0.2) is 4.98 Å². The predicted octanol–water partition coefficient (Wildman–Crippen LogP) is 2.52. The molecule has 0 amide bonds. The van der Waals surface area contributed by atoms with Crippen LogP contribution in [0.15, 0.2) is 47.2 Å². The lowest BCUT2D eigenvalue weighted by molar-refractivity contribution is 0.184. The molecule has 3 aromatic rings. The summed E-state index contributed by atoms with van der Waals surface area (Å²) in [7, 11) is 0. The average molecular weight is 381 g/mol. The highest BCUT2D eigenvalue weighted by atomic mass is 16.5. The molecule has 0 saturated carbocycles. The minimum Gasteiger partial charge on any atom is -0.494 e. The summed E-state index contributed by atoms with van der Waals surface area (Å²) in [5.41, 5.74) is 1.54. The van der Waals surface area contributed by atoms with E-state index < -0.39 is 6.10 Å². The Kier molecular flexibility index (Phi) is 6.84. The maximum absolute atomic E-state index is 9.71. The third-order valence-corrected chi connectivity index (χ3v) is 4.02. The van der Waals surface area contributed by atoms with Crippen molar-refractivity contribution in [3.05, 3.63) is 65.6 Å². The molecule has 0 spiro atoms. The first-order valence-corrected chi connectivity index (χ1v) is 9.16. The molecule has 0 saturated heterocycles. The fourth-order valence-electron chi connectivity index (χ4n) is 2.61. The number of ether oxygens (including phenoxy) is 1. The third-order valence-electron chi connectivity index (χ3n) is 4.02. The Bertz CT molecular complexity index is 932. The Hall–Kier alpha value is -3.08. The van der Waals surface area contributed by atoms with Crippen LogP contribution in [0.25, 0.3) is 0 Å². The minimum absolute atomic E-state index is 0.186. The van der Waals surface area contributed by atoms with Gasteiger partial charge in [-0.05, 0) is 50.0 Å². The van der Waals surface area contributed by atoms with Gasteiger partial charge >= 0.3 is 0 Å². The second kappa shape index (κ2) is 9.74. The summed E-state index contributed by atoms with van der Waals surface area (Å²) in [6.45, 7) is 2.89. The standard InChI is InChI=1S/C21H23N3O4/c1-16(26)21-22-10-11-24(21)15-18-14-20(28-23-18)9-6-17-4-7-19(8-5-17)27-13-3-2-12-25/h4-5,7-8,10-11,14,16,25-26H,2-3,12-13,15H2,1H3/t16-/m0/s1. The Morgan fingerprint density at radius 2 is 2.04 bits per heavy atom. The molecule has 7 nitrogen and oxygen atoms in total. The summed E-state index contributed by atoms with van der Waals surface area (Å²) in [4.78, 5) is 4.13. The Balaban J connectivity index is 1.58. The quantitative estimate of drug-likeness (QED) is 0.460. The smallest absolute Gasteiger partial charge is 0.210 e. The lowest BCUT2D eigenvalue weighted by atomic mass is 10.2. The summed E-state index contributed by atoms with van der Waals surface area (Å²) in [5, 5.41) is 22.5. The molecule has 3 rings (SSSR count). The van der Waals surface area contributed by atoms with Gasteiger partial charge < -0.3 is 24.0 Å². The maximum Gasteiger partial charge on any atom is 0.210 e. The van der Waals surface area contributed by atoms with E-state index in [2.05, 4.69) is 22.0 Å². The number of aliphatic hydroxyl groups excluding tert-OH is 2. The van der Waals surface area contributed by atoms with Crippen molar-refractivity contribution >= 4 is 0 Å². The van der Waals surface area contributed by atoms with Crippen LogP contribution in [0.4, 0.5) is 0 Å². The molecule has 2 aromatic heterocycles. The highest BCUT2D eigenvalue weighted by molar-refractivity contribution is 5.41. The highest BCUT2D eigenvalue weighted by Crippen LogP contribution is 2.14. The van der Waals surface area contributed by atoms with Gasteiger partial charge in [0.05, 0.1) is 13.2 Å². The molecule has 0 radical (unpaired) electrons. The molecule has 7 heteroatoms. The maximum atomic E-state index is 9.71. The molecule has 0 aliphatic heterocycles. The molecule has 0 aliphatic rings. The van der Waals surface area contributed by atoms with Crippen LogP contribution >= 0.6 is 0 Å². The fourth-order valence-corrected chi connectivity index (χ4v) is 2.61. The molecular weight excluding hydrogens is 358 g/mol. The Morgan fingerprint density at radius 3 is 2.79 bits per heavy atom. The molecule has 146 valence electrons. The largest absolute Gasteiger partial charge is 0.494 e. The number of nitrogens with zero attached hydrogens (tertiary/aromatic N) is 3. The molecular formula is C21H23N3O4. The SMILES string of the molecule is C[C@H](O)c1nccn1Cc1cc(C#Cc2ccc(OCCCCO)cc2)on1. The molecule has 2 N–H and O–H groups in total. The van der Waals surface area contributed by atoms with Gasteiger partial charge in [-0.15, -0.1) is 0 Å². The number of unbranched alkanes of at least 4 members (excludes halogenated alkanes) is 1. The van der Waals surface area contributed by atoms with Gasteiger partial charge in [0.2, 0.25) is 5.76 Å². The van der Waals surface area contributed by atoms with Crippen molar-refractivity contribution in [3.63, 3.8) is 0 Å². The van der Waals surface area contributed by atoms with Gasteiger partial charge in [-0.1, -0.05) is 11.1 Å². The van der Waals surface area contributed by atoms with E-state index in [-0.39, 0.29) is 6.61 Å². The topological polar surface area (TPSA) is 93.5 Å². The lowest BCUT2D eigenvalue weighted by Gasteiger charge is -2.07. The Morgan fingerprint density at radius 1 is 1.21 bits per heavy atom. The summed E-state index contributed by atoms with van der Waals surface area (Å²) >= 11 is 0. The van der Waals surface area contributed by atoms with Crippen LogP contribution in [0.1, 0.15) is 48.7 Å². The van der Waals surface area contributed by atoms with E-state index in [0.717, 1.165) is 24.2 Å². The first-order valence-electron chi connectivity index (χ1n) is 9.16. The van der Waals surface area contributed by atoms with E-state index in [0.29, 0.717) is 30.4 Å². The molecule has 2 heterocycles. The highest BCUT2D eigenvalue weighted by Gasteiger charge is 2.10. The van der Waals surface area contributed by atoms with Crippen LogP contribution in [0, 0.1) is 11.8 Å². The van der Waals surface area contributed by atoms with Gasteiger partial charge in [0, 0.05) is 30.6 Å². The molecule has 1 atom stereocenters. The summed E-state index contributed by atoms with van der Waals surface area (Å²) < 4.78 is 12.7. The second-order valence-corrected chi connectivity index (χ2v) is 6.33. The number of aliphatic hydroxyl groups is 2. The summed E-state index contributed by atoms with van der Waals surface area (Å²) in [6.07, 6.45) is 4.34. The molecule has 28 heavy (non-hydrogen) atoms. The summed E-state index contributed by atoms with van der Waals surface area (Å²) in [5.74, 6) is 7.82.